The average molecular weight is 695 g/mol. The topological polar surface area (TPSA) is 51.9 Å². The molecule has 39 heavy (non-hydrogen) atoms. The summed E-state index contributed by atoms with van der Waals surface area (Å²) < 4.78 is 56.0. The predicted octanol–water partition coefficient (Wildman–Crippen LogP) is 7.11. The molecule has 3 aromatic rings. The van der Waals surface area contributed by atoms with E-state index in [1.165, 1.54) is 13.0 Å². The van der Waals surface area contributed by atoms with Crippen molar-refractivity contribution in [2.24, 2.45) is 0 Å². The third-order valence-electron chi connectivity index (χ3n) is 7.75. The molecule has 6 nitrogen and oxygen atoms in total. The van der Waals surface area contributed by atoms with Crippen LogP contribution in [-0.2, 0) is 28.4 Å². The molecular weight excluding hydrogens is 656 g/mol. The number of hydrogen-bond donors (Lipinski definition) is 0. The molecule has 1 aliphatic rings. The van der Waals surface area contributed by atoms with Crippen LogP contribution < -0.4 is 4.90 Å². The first-order valence-corrected chi connectivity index (χ1v) is 16.8. The van der Waals surface area contributed by atoms with E-state index in [2.05, 4.69) is 61.4 Å². The minimum absolute atomic E-state index is 0. The molecule has 1 aliphatic heterocycles. The summed E-state index contributed by atoms with van der Waals surface area (Å²) in [6.45, 7) is 16.8. The van der Waals surface area contributed by atoms with Crippen LogP contribution in [0, 0.1) is 10.5 Å². The number of aromatic nitrogens is 3. The summed E-state index contributed by atoms with van der Waals surface area (Å²) >= 11 is 2.26. The second kappa shape index (κ2) is 11.9. The van der Waals surface area contributed by atoms with Gasteiger partial charge in [-0.1, -0.05) is 32.9 Å². The van der Waals surface area contributed by atoms with E-state index in [1.807, 2.05) is 13.0 Å². The first-order chi connectivity index (χ1) is 17.6. The van der Waals surface area contributed by atoms with E-state index in [4.69, 9.17) is 19.2 Å². The van der Waals surface area contributed by atoms with Crippen LogP contribution in [0.2, 0.25) is 18.1 Å². The fraction of sp³-hybridized carbons (Fsp3) is 0.556. The van der Waals surface area contributed by atoms with E-state index in [9.17, 15) is 13.2 Å². The molecule has 1 aromatic carbocycles. The molecule has 2 aromatic heterocycles. The highest BCUT2D eigenvalue weighted by atomic mass is 127. The van der Waals surface area contributed by atoms with Crippen molar-refractivity contribution in [3.05, 3.63) is 55.9 Å². The van der Waals surface area contributed by atoms with Crippen LogP contribution in [0.4, 0.5) is 19.0 Å². The van der Waals surface area contributed by atoms with Gasteiger partial charge >= 0.3 is 6.18 Å². The Morgan fingerprint density at radius 2 is 1.90 bits per heavy atom. The summed E-state index contributed by atoms with van der Waals surface area (Å²) in [6, 6.07) is 6.37. The van der Waals surface area contributed by atoms with Gasteiger partial charge in [-0.3, -0.25) is 0 Å². The quantitative estimate of drug-likeness (QED) is 0.204. The van der Waals surface area contributed by atoms with E-state index in [1.54, 1.807) is 10.6 Å². The molecule has 0 amide bonds. The number of fused-ring (bicyclic) bond motifs is 1. The number of morpholine rings is 1. The molecule has 0 N–H and O–H groups in total. The maximum absolute atomic E-state index is 13.7. The number of imidazole rings is 1. The lowest BCUT2D eigenvalue weighted by molar-refractivity contribution is -0.138. The van der Waals surface area contributed by atoms with E-state index >= 15 is 0 Å². The fourth-order valence-corrected chi connectivity index (χ4v) is 5.92. The summed E-state index contributed by atoms with van der Waals surface area (Å²) in [5.41, 5.74) is 2.35. The molecule has 0 aliphatic carbocycles. The lowest BCUT2D eigenvalue weighted by atomic mass is 9.98. The molecule has 0 spiro atoms. The summed E-state index contributed by atoms with van der Waals surface area (Å²) in [6.07, 6.45) is -4.07. The fourth-order valence-electron chi connectivity index (χ4n) is 4.36. The standard InChI is InChI=1S/C27H36F3IN4O2Si.H2S/c1-17-15-34(11-12-36-17)24-14-21(31)25-32-22(16-37-38(6,7)26(3,4)5)23(35(25)33-24)13-19-9-8-10-20(18(19)2)27(28,29)30;/h8-10,14,17H,11-13,15-16H2,1-7H3;1H2. The van der Waals surface area contributed by atoms with Crippen LogP contribution in [0.15, 0.2) is 24.3 Å². The first kappa shape index (κ1) is 32.2. The molecule has 1 saturated heterocycles. The van der Waals surface area contributed by atoms with E-state index < -0.39 is 20.1 Å². The average Bonchev–Trinajstić information content (AvgIpc) is 3.15. The van der Waals surface area contributed by atoms with Gasteiger partial charge in [0.2, 0.25) is 0 Å². The van der Waals surface area contributed by atoms with Gasteiger partial charge in [-0.2, -0.15) is 26.7 Å². The Morgan fingerprint density at radius 3 is 2.51 bits per heavy atom. The number of hydrogen-bond acceptors (Lipinski definition) is 5. The molecule has 0 radical (unpaired) electrons. The Bertz CT molecular complexity index is 1330. The van der Waals surface area contributed by atoms with Crippen LogP contribution in [0.1, 0.15) is 55.8 Å². The van der Waals surface area contributed by atoms with Gasteiger partial charge in [-0.05, 0) is 77.8 Å². The molecule has 4 rings (SSSR count). The third-order valence-corrected chi connectivity index (χ3v) is 13.0. The number of rotatable bonds is 6. The molecular formula is C27H38F3IN4O2SSi. The van der Waals surface area contributed by atoms with Gasteiger partial charge in [-0.15, -0.1) is 5.10 Å². The second-order valence-corrected chi connectivity index (χ2v) is 17.5. The van der Waals surface area contributed by atoms with Gasteiger partial charge in [0.15, 0.2) is 19.8 Å². The Balaban J connectivity index is 0.00000420. The van der Waals surface area contributed by atoms with E-state index in [0.29, 0.717) is 30.1 Å². The van der Waals surface area contributed by atoms with Crippen molar-refractivity contribution in [3.63, 3.8) is 0 Å². The molecule has 0 saturated carbocycles. The highest BCUT2D eigenvalue weighted by Gasteiger charge is 2.38. The van der Waals surface area contributed by atoms with Crippen LogP contribution in [-0.4, -0.2) is 48.7 Å². The summed E-state index contributed by atoms with van der Waals surface area (Å²) in [7, 11) is -2.10. The van der Waals surface area contributed by atoms with Gasteiger partial charge in [0, 0.05) is 19.5 Å². The maximum atomic E-state index is 13.7. The van der Waals surface area contributed by atoms with Gasteiger partial charge in [0.25, 0.3) is 0 Å². The molecule has 1 unspecified atom stereocenters. The second-order valence-electron chi connectivity index (χ2n) is 11.5. The van der Waals surface area contributed by atoms with Gasteiger partial charge in [-0.25, -0.2) is 9.50 Å². The van der Waals surface area contributed by atoms with Crippen molar-refractivity contribution in [1.82, 2.24) is 14.6 Å². The number of ether oxygens (including phenoxy) is 1. The van der Waals surface area contributed by atoms with E-state index in [-0.39, 0.29) is 43.2 Å². The van der Waals surface area contributed by atoms with Crippen LogP contribution in [0.5, 0.6) is 0 Å². The van der Waals surface area contributed by atoms with Crippen molar-refractivity contribution in [3.8, 4) is 0 Å². The monoisotopic (exact) mass is 694 g/mol. The predicted molar refractivity (Wildman–Crippen MR) is 165 cm³/mol. The third kappa shape index (κ3) is 6.93. The highest BCUT2D eigenvalue weighted by Crippen LogP contribution is 2.38. The van der Waals surface area contributed by atoms with Crippen LogP contribution in [0.25, 0.3) is 5.65 Å². The van der Waals surface area contributed by atoms with Crippen molar-refractivity contribution in [1.29, 1.82) is 0 Å². The van der Waals surface area contributed by atoms with Crippen LogP contribution >= 0.6 is 36.1 Å². The number of benzene rings is 1. The van der Waals surface area contributed by atoms with E-state index in [0.717, 1.165) is 27.7 Å². The van der Waals surface area contributed by atoms with Gasteiger partial charge < -0.3 is 14.1 Å². The minimum atomic E-state index is -4.42. The number of halogens is 4. The minimum Gasteiger partial charge on any atom is -0.411 e. The number of anilines is 1. The lowest BCUT2D eigenvalue weighted by Crippen LogP contribution is -2.41. The Hall–Kier alpha value is -1.35. The first-order valence-electron chi connectivity index (χ1n) is 12.8. The van der Waals surface area contributed by atoms with Crippen LogP contribution in [0.3, 0.4) is 0 Å². The summed E-state index contributed by atoms with van der Waals surface area (Å²) in [5.74, 6) is 0.799. The zero-order valence-corrected chi connectivity index (χ0v) is 27.7. The Kier molecular flexibility index (Phi) is 9.79. The van der Waals surface area contributed by atoms with Gasteiger partial charge in [0.1, 0.15) is 0 Å². The Morgan fingerprint density at radius 1 is 1.21 bits per heavy atom. The maximum Gasteiger partial charge on any atom is 0.416 e. The normalized spacial score (nSPS) is 17.0. The molecule has 12 heteroatoms. The van der Waals surface area contributed by atoms with Gasteiger partial charge in [0.05, 0.1) is 39.8 Å². The summed E-state index contributed by atoms with van der Waals surface area (Å²) in [4.78, 5) is 7.10. The molecule has 1 fully saturated rings. The zero-order chi connectivity index (χ0) is 28.0. The molecule has 216 valence electrons. The molecule has 0 bridgehead atoms. The van der Waals surface area contributed by atoms with Crippen molar-refractivity contribution in [2.45, 2.75) is 78.1 Å². The SMILES string of the molecule is Cc1c(Cc2c(CO[Si](C)(C)C(C)(C)C)nc3c(I)cc(N4CCOC(C)C4)nn23)cccc1C(F)(F)F.S. The highest BCUT2D eigenvalue weighted by molar-refractivity contribution is 14.1. The molecule has 3 heterocycles. The van der Waals surface area contributed by atoms with Crippen molar-refractivity contribution in [2.75, 3.05) is 24.6 Å². The smallest absolute Gasteiger partial charge is 0.411 e. The van der Waals surface area contributed by atoms with Crippen molar-refractivity contribution >= 4 is 55.9 Å². The number of nitrogens with zero attached hydrogens (tertiary/aromatic N) is 4. The number of alkyl halides is 3. The largest absolute Gasteiger partial charge is 0.416 e. The molecule has 1 atom stereocenters. The van der Waals surface area contributed by atoms with Crippen molar-refractivity contribution < 1.29 is 22.3 Å². The zero-order valence-electron chi connectivity index (χ0n) is 23.5. The lowest BCUT2D eigenvalue weighted by Gasteiger charge is -2.36. The summed E-state index contributed by atoms with van der Waals surface area (Å²) in [5, 5.41) is 4.97. The Labute approximate surface area is 250 Å².